The quantitative estimate of drug-likeness (QED) is 0.578. The van der Waals surface area contributed by atoms with Crippen LogP contribution in [0.1, 0.15) is 10.5 Å². The van der Waals surface area contributed by atoms with Crippen LogP contribution in [0.15, 0.2) is 36.1 Å². The number of fused-ring (bicyclic) bond motifs is 1. The third-order valence-electron chi connectivity index (χ3n) is 3.64. The molecular formula is C16H11N5O2S. The monoisotopic (exact) mass is 337 g/mol. The Hall–Kier alpha value is -3.13. The summed E-state index contributed by atoms with van der Waals surface area (Å²) in [6, 6.07) is 3.45. The third-order valence-corrected chi connectivity index (χ3v) is 4.60. The van der Waals surface area contributed by atoms with Gasteiger partial charge in [-0.05, 0) is 6.07 Å². The highest BCUT2D eigenvalue weighted by atomic mass is 32.1. The summed E-state index contributed by atoms with van der Waals surface area (Å²) in [4.78, 5) is 27.8. The summed E-state index contributed by atoms with van der Waals surface area (Å²) in [5, 5.41) is 12.1. The molecule has 24 heavy (non-hydrogen) atoms. The van der Waals surface area contributed by atoms with E-state index in [1.807, 2.05) is 12.4 Å². The normalized spacial score (nSPS) is 11.0. The van der Waals surface area contributed by atoms with Crippen molar-refractivity contribution in [2.24, 2.45) is 7.05 Å². The maximum absolute atomic E-state index is 10.7. The first-order chi connectivity index (χ1) is 11.7. The first kappa shape index (κ1) is 14.5. The number of aryl methyl sites for hydroxylation is 1. The number of pyridine rings is 1. The van der Waals surface area contributed by atoms with E-state index in [1.165, 1.54) is 11.3 Å². The van der Waals surface area contributed by atoms with E-state index in [0.29, 0.717) is 33.8 Å². The van der Waals surface area contributed by atoms with Crippen molar-refractivity contribution in [3.63, 3.8) is 0 Å². The molecule has 0 aromatic carbocycles. The average molecular weight is 337 g/mol. The lowest BCUT2D eigenvalue weighted by Gasteiger charge is -2.04. The highest BCUT2D eigenvalue weighted by Crippen LogP contribution is 2.37. The number of aromatic nitrogens is 5. The number of thiophene rings is 1. The molecule has 0 fully saturated rings. The Morgan fingerprint density at radius 1 is 1.25 bits per heavy atom. The number of nitrogens with zero attached hydrogens (tertiary/aromatic N) is 5. The fraction of sp³-hybridized carbons (Fsp3) is 0.0625. The second-order valence-electron chi connectivity index (χ2n) is 5.15. The van der Waals surface area contributed by atoms with Crippen LogP contribution in [0.5, 0.6) is 5.88 Å². The predicted molar refractivity (Wildman–Crippen MR) is 89.9 cm³/mol. The number of hydrogen-bond donors (Lipinski definition) is 1. The van der Waals surface area contributed by atoms with Gasteiger partial charge >= 0.3 is 0 Å². The average Bonchev–Trinajstić information content (AvgIpc) is 3.21. The van der Waals surface area contributed by atoms with Crippen LogP contribution >= 0.6 is 11.3 Å². The molecule has 8 heteroatoms. The van der Waals surface area contributed by atoms with Gasteiger partial charge in [-0.25, -0.2) is 9.97 Å². The summed E-state index contributed by atoms with van der Waals surface area (Å²) in [6.45, 7) is 0. The predicted octanol–water partition coefficient (Wildman–Crippen LogP) is 2.67. The first-order valence-corrected chi connectivity index (χ1v) is 7.93. The van der Waals surface area contributed by atoms with Crippen molar-refractivity contribution >= 4 is 27.8 Å². The van der Waals surface area contributed by atoms with Crippen LogP contribution in [0.2, 0.25) is 0 Å². The van der Waals surface area contributed by atoms with Crippen LogP contribution in [-0.2, 0) is 7.05 Å². The van der Waals surface area contributed by atoms with Crippen LogP contribution in [-0.4, -0.2) is 35.9 Å². The number of carbonyl (C=O) groups excluding carboxylic acids is 1. The lowest BCUT2D eigenvalue weighted by molar-refractivity contribution is 0.111. The Kier molecular flexibility index (Phi) is 3.31. The minimum absolute atomic E-state index is 0.0771. The Labute approximate surface area is 140 Å². The maximum Gasteiger partial charge on any atom is 0.233 e. The molecule has 0 radical (unpaired) electrons. The molecule has 0 aliphatic carbocycles. The highest BCUT2D eigenvalue weighted by Gasteiger charge is 2.17. The van der Waals surface area contributed by atoms with Crippen LogP contribution in [0, 0.1) is 0 Å². The number of aromatic hydroxyl groups is 1. The van der Waals surface area contributed by atoms with Gasteiger partial charge in [0.15, 0.2) is 17.9 Å². The SMILES string of the molecule is Cn1ccnc1-c1nc(O)c2scc(-c3ccc(C=O)nc3)c2n1. The fourth-order valence-corrected chi connectivity index (χ4v) is 3.33. The minimum Gasteiger partial charge on any atom is -0.492 e. The summed E-state index contributed by atoms with van der Waals surface area (Å²) < 4.78 is 2.38. The molecule has 0 unspecified atom stereocenters. The number of aldehydes is 1. The van der Waals surface area contributed by atoms with Gasteiger partial charge in [0.05, 0.1) is 5.52 Å². The van der Waals surface area contributed by atoms with Crippen LogP contribution in [0.3, 0.4) is 0 Å². The van der Waals surface area contributed by atoms with Gasteiger partial charge in [0.2, 0.25) is 5.88 Å². The van der Waals surface area contributed by atoms with E-state index in [2.05, 4.69) is 19.9 Å². The van der Waals surface area contributed by atoms with Crippen LogP contribution in [0.4, 0.5) is 0 Å². The molecule has 0 aliphatic heterocycles. The molecule has 0 amide bonds. The summed E-state index contributed by atoms with van der Waals surface area (Å²) >= 11 is 1.36. The molecule has 0 aliphatic rings. The topological polar surface area (TPSA) is 93.8 Å². The molecule has 4 aromatic heterocycles. The molecule has 4 heterocycles. The van der Waals surface area contributed by atoms with Gasteiger partial charge in [0.25, 0.3) is 0 Å². The summed E-state index contributed by atoms with van der Waals surface area (Å²) in [5.74, 6) is 0.843. The van der Waals surface area contributed by atoms with E-state index < -0.39 is 0 Å². The minimum atomic E-state index is -0.0771. The summed E-state index contributed by atoms with van der Waals surface area (Å²) in [5.41, 5.74) is 2.64. The zero-order chi connectivity index (χ0) is 16.7. The molecule has 118 valence electrons. The van der Waals surface area contributed by atoms with E-state index in [1.54, 1.807) is 35.3 Å². The van der Waals surface area contributed by atoms with Crippen molar-refractivity contribution in [3.8, 4) is 28.7 Å². The number of imidazole rings is 1. The summed E-state index contributed by atoms with van der Waals surface area (Å²) in [6.07, 6.45) is 5.75. The Balaban J connectivity index is 1.92. The van der Waals surface area contributed by atoms with Crippen molar-refractivity contribution in [2.45, 2.75) is 0 Å². The van der Waals surface area contributed by atoms with Gasteiger partial charge in [0, 0.05) is 42.1 Å². The first-order valence-electron chi connectivity index (χ1n) is 7.05. The number of carbonyl (C=O) groups is 1. The van der Waals surface area contributed by atoms with Crippen molar-refractivity contribution in [1.82, 2.24) is 24.5 Å². The fourth-order valence-electron chi connectivity index (χ4n) is 2.42. The number of rotatable bonds is 3. The molecule has 4 aromatic rings. The van der Waals surface area contributed by atoms with E-state index in [0.717, 1.165) is 11.1 Å². The summed E-state index contributed by atoms with van der Waals surface area (Å²) in [7, 11) is 1.84. The molecule has 1 N–H and O–H groups in total. The lowest BCUT2D eigenvalue weighted by Crippen LogP contribution is -1.97. The molecule has 4 rings (SSSR count). The van der Waals surface area contributed by atoms with Crippen molar-refractivity contribution in [1.29, 1.82) is 0 Å². The Morgan fingerprint density at radius 3 is 2.79 bits per heavy atom. The van der Waals surface area contributed by atoms with Crippen LogP contribution < -0.4 is 0 Å². The van der Waals surface area contributed by atoms with Crippen molar-refractivity contribution < 1.29 is 9.90 Å². The molecule has 0 bridgehead atoms. The van der Waals surface area contributed by atoms with E-state index in [4.69, 9.17) is 0 Å². The molecule has 7 nitrogen and oxygen atoms in total. The Morgan fingerprint density at radius 2 is 2.12 bits per heavy atom. The maximum atomic E-state index is 10.7. The van der Waals surface area contributed by atoms with Crippen molar-refractivity contribution in [2.75, 3.05) is 0 Å². The number of hydrogen-bond acceptors (Lipinski definition) is 7. The zero-order valence-corrected chi connectivity index (χ0v) is 13.4. The van der Waals surface area contributed by atoms with E-state index >= 15 is 0 Å². The standard InChI is InChI=1S/C16H11N5O2S/c1-21-5-4-17-15(21)14-19-12-11(8-24-13(12)16(23)20-14)9-2-3-10(7-22)18-6-9/h2-8H,1H3,(H,19,20,23). The molecule has 0 saturated heterocycles. The molecule has 0 atom stereocenters. The largest absolute Gasteiger partial charge is 0.492 e. The van der Waals surface area contributed by atoms with Crippen LogP contribution in [0.25, 0.3) is 33.0 Å². The molecule has 0 spiro atoms. The molecule has 0 saturated carbocycles. The highest BCUT2D eigenvalue weighted by molar-refractivity contribution is 7.18. The van der Waals surface area contributed by atoms with E-state index in [-0.39, 0.29) is 5.88 Å². The van der Waals surface area contributed by atoms with Gasteiger partial charge in [0.1, 0.15) is 10.4 Å². The van der Waals surface area contributed by atoms with Crippen molar-refractivity contribution in [3.05, 3.63) is 41.8 Å². The van der Waals surface area contributed by atoms with Gasteiger partial charge in [-0.1, -0.05) is 6.07 Å². The second kappa shape index (κ2) is 5.50. The Bertz CT molecular complexity index is 1050. The lowest BCUT2D eigenvalue weighted by atomic mass is 10.1. The van der Waals surface area contributed by atoms with Gasteiger partial charge in [-0.3, -0.25) is 9.78 Å². The second-order valence-corrected chi connectivity index (χ2v) is 6.03. The van der Waals surface area contributed by atoms with Gasteiger partial charge in [-0.15, -0.1) is 11.3 Å². The smallest absolute Gasteiger partial charge is 0.233 e. The van der Waals surface area contributed by atoms with E-state index in [9.17, 15) is 9.90 Å². The van der Waals surface area contributed by atoms with Gasteiger partial charge in [-0.2, -0.15) is 4.98 Å². The molecular weight excluding hydrogens is 326 g/mol. The third kappa shape index (κ3) is 2.24. The zero-order valence-electron chi connectivity index (χ0n) is 12.5. The van der Waals surface area contributed by atoms with Gasteiger partial charge < -0.3 is 9.67 Å².